The van der Waals surface area contributed by atoms with E-state index in [9.17, 15) is 4.79 Å². The van der Waals surface area contributed by atoms with E-state index in [1.165, 1.54) is 23.3 Å². The van der Waals surface area contributed by atoms with Crippen LogP contribution in [0.2, 0.25) is 0 Å². The summed E-state index contributed by atoms with van der Waals surface area (Å²) in [4.78, 5) is 14.8. The lowest BCUT2D eigenvalue weighted by Gasteiger charge is -2.09. The van der Waals surface area contributed by atoms with Gasteiger partial charge in [-0.25, -0.2) is 4.79 Å². The molecule has 1 aromatic carbocycles. The van der Waals surface area contributed by atoms with E-state index < -0.39 is 5.97 Å². The predicted molar refractivity (Wildman–Crippen MR) is 79.6 cm³/mol. The summed E-state index contributed by atoms with van der Waals surface area (Å²) >= 11 is 0. The Morgan fingerprint density at radius 1 is 1.29 bits per heavy atom. The fourth-order valence-electron chi connectivity index (χ4n) is 1.84. The van der Waals surface area contributed by atoms with Gasteiger partial charge in [-0.05, 0) is 48.4 Å². The molecule has 0 fully saturated rings. The van der Waals surface area contributed by atoms with Crippen LogP contribution in [-0.4, -0.2) is 29.2 Å². The molecule has 0 aliphatic heterocycles. The molecule has 0 radical (unpaired) electrons. The predicted octanol–water partition coefficient (Wildman–Crippen LogP) is 2.26. The molecule has 0 aliphatic rings. The number of hydrogen-bond donors (Lipinski definition) is 2. The van der Waals surface area contributed by atoms with Gasteiger partial charge >= 0.3 is 5.97 Å². The van der Waals surface area contributed by atoms with Crippen molar-refractivity contribution in [3.8, 4) is 5.75 Å². The third kappa shape index (κ3) is 4.57. The first-order valence-corrected chi connectivity index (χ1v) is 6.73. The first-order chi connectivity index (χ1) is 10.2. The van der Waals surface area contributed by atoms with Crippen LogP contribution in [0.5, 0.6) is 5.75 Å². The highest BCUT2D eigenvalue weighted by Crippen LogP contribution is 2.11. The zero-order chi connectivity index (χ0) is 15.1. The number of nitrogens with zero attached hydrogens (tertiary/aromatic N) is 1. The molecule has 5 nitrogen and oxygen atoms in total. The lowest BCUT2D eigenvalue weighted by molar-refractivity contribution is 0.0697. The Hall–Kier alpha value is -2.40. The third-order valence-electron chi connectivity index (χ3n) is 3.11. The second-order valence-corrected chi connectivity index (χ2v) is 4.66. The molecular weight excluding hydrogens is 268 g/mol. The minimum absolute atomic E-state index is 0.257. The van der Waals surface area contributed by atoms with Gasteiger partial charge in [-0.15, -0.1) is 0 Å². The quantitative estimate of drug-likeness (QED) is 0.764. The smallest absolute Gasteiger partial charge is 0.335 e. The van der Waals surface area contributed by atoms with Gasteiger partial charge in [0.15, 0.2) is 0 Å². The maximum Gasteiger partial charge on any atom is 0.335 e. The van der Waals surface area contributed by atoms with Gasteiger partial charge in [-0.2, -0.15) is 0 Å². The summed E-state index contributed by atoms with van der Waals surface area (Å²) in [5.41, 5.74) is 2.64. The maximum atomic E-state index is 10.7. The van der Waals surface area contributed by atoms with E-state index in [0.717, 1.165) is 6.54 Å². The van der Waals surface area contributed by atoms with Crippen LogP contribution in [0.25, 0.3) is 0 Å². The summed E-state index contributed by atoms with van der Waals surface area (Å²) in [5, 5.41) is 12.1. The summed E-state index contributed by atoms with van der Waals surface area (Å²) < 4.78 is 5.54. The van der Waals surface area contributed by atoms with Crippen molar-refractivity contribution >= 4 is 5.97 Å². The van der Waals surface area contributed by atoms with Crippen LogP contribution in [0.1, 0.15) is 21.5 Å². The van der Waals surface area contributed by atoms with E-state index in [-0.39, 0.29) is 5.56 Å². The Kier molecular flexibility index (Phi) is 5.29. The van der Waals surface area contributed by atoms with Gasteiger partial charge in [-0.3, -0.25) is 4.98 Å². The SMILES string of the molecule is Cc1ccncc1CNCCOc1ccc(C(=O)O)cc1. The molecule has 5 heteroatoms. The minimum atomic E-state index is -0.935. The van der Waals surface area contributed by atoms with Gasteiger partial charge < -0.3 is 15.2 Å². The van der Waals surface area contributed by atoms with Crippen molar-refractivity contribution in [1.82, 2.24) is 10.3 Å². The zero-order valence-electron chi connectivity index (χ0n) is 11.9. The molecule has 0 amide bonds. The molecule has 0 saturated heterocycles. The first-order valence-electron chi connectivity index (χ1n) is 6.73. The fraction of sp³-hybridized carbons (Fsp3) is 0.250. The van der Waals surface area contributed by atoms with Gasteiger partial charge in [0.2, 0.25) is 0 Å². The number of carboxylic acid groups (broad SMARTS) is 1. The number of rotatable bonds is 7. The minimum Gasteiger partial charge on any atom is -0.492 e. The molecule has 2 rings (SSSR count). The summed E-state index contributed by atoms with van der Waals surface area (Å²) in [6.45, 7) is 4.03. The van der Waals surface area contributed by atoms with Crippen molar-refractivity contribution in [2.24, 2.45) is 0 Å². The number of hydrogen-bond acceptors (Lipinski definition) is 4. The lowest BCUT2D eigenvalue weighted by Crippen LogP contribution is -2.21. The molecule has 2 N–H and O–H groups in total. The molecule has 0 atom stereocenters. The Balaban J connectivity index is 1.70. The van der Waals surface area contributed by atoms with Crippen molar-refractivity contribution in [3.63, 3.8) is 0 Å². The Morgan fingerprint density at radius 2 is 2.05 bits per heavy atom. The van der Waals surface area contributed by atoms with Crippen LogP contribution in [0.3, 0.4) is 0 Å². The fourth-order valence-corrected chi connectivity index (χ4v) is 1.84. The number of benzene rings is 1. The van der Waals surface area contributed by atoms with Crippen LogP contribution in [0.4, 0.5) is 0 Å². The summed E-state index contributed by atoms with van der Waals surface area (Å²) in [6, 6.07) is 8.37. The molecule has 0 aliphatic carbocycles. The highest BCUT2D eigenvalue weighted by atomic mass is 16.5. The standard InChI is InChI=1S/C16H18N2O3/c1-12-6-7-17-10-14(12)11-18-8-9-21-15-4-2-13(3-5-15)16(19)20/h2-7,10,18H,8-9,11H2,1H3,(H,19,20). The number of carboxylic acids is 1. The highest BCUT2D eigenvalue weighted by molar-refractivity contribution is 5.87. The Morgan fingerprint density at radius 3 is 2.71 bits per heavy atom. The molecule has 1 heterocycles. The number of aromatic nitrogens is 1. The van der Waals surface area contributed by atoms with Crippen LogP contribution in [0, 0.1) is 6.92 Å². The third-order valence-corrected chi connectivity index (χ3v) is 3.11. The molecule has 0 spiro atoms. The van der Waals surface area contributed by atoms with Crippen molar-refractivity contribution in [2.45, 2.75) is 13.5 Å². The second kappa shape index (κ2) is 7.40. The number of aryl methyl sites for hydroxylation is 1. The van der Waals surface area contributed by atoms with E-state index in [2.05, 4.69) is 17.2 Å². The molecule has 0 saturated carbocycles. The van der Waals surface area contributed by atoms with Gasteiger partial charge in [0.1, 0.15) is 12.4 Å². The van der Waals surface area contributed by atoms with Crippen LogP contribution < -0.4 is 10.1 Å². The largest absolute Gasteiger partial charge is 0.492 e. The van der Waals surface area contributed by atoms with Crippen LogP contribution >= 0.6 is 0 Å². The monoisotopic (exact) mass is 286 g/mol. The van der Waals surface area contributed by atoms with Crippen molar-refractivity contribution in [2.75, 3.05) is 13.2 Å². The van der Waals surface area contributed by atoms with Gasteiger partial charge in [0.25, 0.3) is 0 Å². The summed E-state index contributed by atoms with van der Waals surface area (Å²) in [6.07, 6.45) is 3.64. The number of ether oxygens (including phenoxy) is 1. The molecule has 0 unspecified atom stereocenters. The maximum absolute atomic E-state index is 10.7. The van der Waals surface area contributed by atoms with Crippen molar-refractivity contribution in [3.05, 3.63) is 59.4 Å². The number of nitrogens with one attached hydrogen (secondary N) is 1. The Labute approximate surface area is 123 Å². The molecule has 1 aromatic heterocycles. The summed E-state index contributed by atoms with van der Waals surface area (Å²) in [5.74, 6) is -0.269. The molecule has 21 heavy (non-hydrogen) atoms. The Bertz CT molecular complexity index is 597. The van der Waals surface area contributed by atoms with Crippen LogP contribution in [-0.2, 0) is 6.54 Å². The average molecular weight is 286 g/mol. The van der Waals surface area contributed by atoms with Gasteiger partial charge in [0.05, 0.1) is 5.56 Å². The van der Waals surface area contributed by atoms with Gasteiger partial charge in [-0.1, -0.05) is 0 Å². The molecule has 2 aromatic rings. The number of aromatic carboxylic acids is 1. The van der Waals surface area contributed by atoms with E-state index in [0.29, 0.717) is 18.9 Å². The molecular formula is C16H18N2O3. The van der Waals surface area contributed by atoms with E-state index in [4.69, 9.17) is 9.84 Å². The topological polar surface area (TPSA) is 71.5 Å². The van der Waals surface area contributed by atoms with Crippen LogP contribution in [0.15, 0.2) is 42.7 Å². The summed E-state index contributed by atoms with van der Waals surface area (Å²) in [7, 11) is 0. The molecule has 110 valence electrons. The first kappa shape index (κ1) is 15.0. The molecule has 0 bridgehead atoms. The number of carbonyl (C=O) groups is 1. The average Bonchev–Trinajstić information content (AvgIpc) is 2.49. The second-order valence-electron chi connectivity index (χ2n) is 4.66. The normalized spacial score (nSPS) is 10.3. The van der Waals surface area contributed by atoms with Crippen molar-refractivity contribution < 1.29 is 14.6 Å². The van der Waals surface area contributed by atoms with E-state index in [1.54, 1.807) is 18.3 Å². The van der Waals surface area contributed by atoms with E-state index >= 15 is 0 Å². The highest BCUT2D eigenvalue weighted by Gasteiger charge is 2.02. The van der Waals surface area contributed by atoms with Crippen molar-refractivity contribution in [1.29, 1.82) is 0 Å². The number of pyridine rings is 1. The van der Waals surface area contributed by atoms with Gasteiger partial charge in [0, 0.05) is 25.5 Å². The lowest BCUT2D eigenvalue weighted by atomic mass is 10.2. The zero-order valence-corrected chi connectivity index (χ0v) is 11.9. The van der Waals surface area contributed by atoms with E-state index in [1.807, 2.05) is 12.3 Å².